The van der Waals surface area contributed by atoms with Gasteiger partial charge in [-0.3, -0.25) is 9.79 Å². The van der Waals surface area contributed by atoms with Crippen LogP contribution in [-0.2, 0) is 4.79 Å². The Labute approximate surface area is 167 Å². The van der Waals surface area contributed by atoms with Crippen LogP contribution < -0.4 is 10.6 Å². The molecule has 7 heteroatoms. The first-order chi connectivity index (χ1) is 13.6. The van der Waals surface area contributed by atoms with Crippen LogP contribution in [0.15, 0.2) is 47.5 Å². The molecule has 4 rings (SSSR count). The predicted molar refractivity (Wildman–Crippen MR) is 112 cm³/mol. The minimum absolute atomic E-state index is 0.137. The molecule has 0 bridgehead atoms. The number of aliphatic hydroxyl groups excluding tert-OH is 2. The number of fused-ring (bicyclic) bond motifs is 2. The first-order valence-electron chi connectivity index (χ1n) is 9.15. The largest absolute Gasteiger partial charge is 0.390 e. The smallest absolute Gasteiger partial charge is 0.225 e. The van der Waals surface area contributed by atoms with Gasteiger partial charge in [0.25, 0.3) is 0 Å². The van der Waals surface area contributed by atoms with Crippen molar-refractivity contribution in [2.75, 3.05) is 11.9 Å². The SMILES string of the molecule is C#CCNC(=O)[C@H]1C[C@@H](O)[C@H](O)[C@@H]2N=C(Nc3cccc4ccccc34)S[C@@H]21. The maximum atomic E-state index is 12.5. The molecule has 0 saturated heterocycles. The average molecular weight is 395 g/mol. The Kier molecular flexibility index (Phi) is 5.27. The third-order valence-electron chi connectivity index (χ3n) is 5.22. The van der Waals surface area contributed by atoms with Crippen molar-refractivity contribution in [2.45, 2.75) is 29.9 Å². The third-order valence-corrected chi connectivity index (χ3v) is 6.53. The molecule has 2 aromatic rings. The molecule has 5 atom stereocenters. The lowest BCUT2D eigenvalue weighted by molar-refractivity contribution is -0.129. The van der Waals surface area contributed by atoms with Crippen LogP contribution in [0.1, 0.15) is 6.42 Å². The normalized spacial score (nSPS) is 28.9. The minimum atomic E-state index is -0.999. The number of terminal acetylenes is 1. The number of amides is 1. The summed E-state index contributed by atoms with van der Waals surface area (Å²) in [5.74, 6) is 1.69. The van der Waals surface area contributed by atoms with E-state index in [1.807, 2.05) is 42.5 Å². The lowest BCUT2D eigenvalue weighted by Crippen LogP contribution is -2.54. The maximum absolute atomic E-state index is 12.5. The van der Waals surface area contributed by atoms with Gasteiger partial charge < -0.3 is 20.8 Å². The van der Waals surface area contributed by atoms with E-state index in [1.165, 1.54) is 11.8 Å². The number of carbonyl (C=O) groups is 1. The molecular weight excluding hydrogens is 374 g/mol. The van der Waals surface area contributed by atoms with Crippen molar-refractivity contribution in [2.24, 2.45) is 10.9 Å². The highest BCUT2D eigenvalue weighted by Gasteiger charge is 2.50. The molecule has 4 N–H and O–H groups in total. The van der Waals surface area contributed by atoms with Crippen molar-refractivity contribution in [1.29, 1.82) is 0 Å². The molecule has 0 radical (unpaired) electrons. The zero-order valence-corrected chi connectivity index (χ0v) is 15.9. The zero-order valence-electron chi connectivity index (χ0n) is 15.1. The second-order valence-electron chi connectivity index (χ2n) is 6.98. The first-order valence-corrected chi connectivity index (χ1v) is 10.0. The van der Waals surface area contributed by atoms with Gasteiger partial charge in [0.05, 0.1) is 24.6 Å². The van der Waals surface area contributed by atoms with E-state index >= 15 is 0 Å². The van der Waals surface area contributed by atoms with Crippen molar-refractivity contribution in [3.05, 3.63) is 42.5 Å². The summed E-state index contributed by atoms with van der Waals surface area (Å²) in [6, 6.07) is 13.4. The maximum Gasteiger partial charge on any atom is 0.225 e. The molecule has 1 amide bonds. The number of nitrogens with zero attached hydrogens (tertiary/aromatic N) is 1. The molecule has 1 saturated carbocycles. The fourth-order valence-corrected chi connectivity index (χ4v) is 5.20. The summed E-state index contributed by atoms with van der Waals surface area (Å²) in [6.45, 7) is 0.137. The van der Waals surface area contributed by atoms with Crippen molar-refractivity contribution >= 4 is 39.3 Å². The minimum Gasteiger partial charge on any atom is -0.390 e. The molecule has 1 aliphatic carbocycles. The second-order valence-corrected chi connectivity index (χ2v) is 8.15. The van der Waals surface area contributed by atoms with E-state index in [4.69, 9.17) is 6.42 Å². The van der Waals surface area contributed by atoms with Gasteiger partial charge in [0.2, 0.25) is 5.91 Å². The molecule has 0 aromatic heterocycles. The summed E-state index contributed by atoms with van der Waals surface area (Å²) >= 11 is 1.43. The Bertz CT molecular complexity index is 966. The highest BCUT2D eigenvalue weighted by atomic mass is 32.2. The number of thioether (sulfide) groups is 1. The van der Waals surface area contributed by atoms with Gasteiger partial charge in [0.15, 0.2) is 5.17 Å². The molecular formula is C21H21N3O3S. The predicted octanol–water partition coefficient (Wildman–Crippen LogP) is 1.58. The van der Waals surface area contributed by atoms with Crippen LogP contribution in [0.4, 0.5) is 5.69 Å². The Morgan fingerprint density at radius 3 is 2.86 bits per heavy atom. The van der Waals surface area contributed by atoms with Crippen LogP contribution in [0, 0.1) is 18.3 Å². The van der Waals surface area contributed by atoms with E-state index in [0.29, 0.717) is 5.17 Å². The Morgan fingerprint density at radius 1 is 1.25 bits per heavy atom. The molecule has 28 heavy (non-hydrogen) atoms. The zero-order chi connectivity index (χ0) is 19.7. The van der Waals surface area contributed by atoms with Crippen LogP contribution in [0.5, 0.6) is 0 Å². The molecule has 144 valence electrons. The van der Waals surface area contributed by atoms with Crippen molar-refractivity contribution in [3.63, 3.8) is 0 Å². The first kappa shape index (κ1) is 18.8. The van der Waals surface area contributed by atoms with Crippen molar-refractivity contribution in [1.82, 2.24) is 5.32 Å². The fourth-order valence-electron chi connectivity index (χ4n) is 3.83. The molecule has 1 fully saturated rings. The van der Waals surface area contributed by atoms with Crippen molar-refractivity contribution < 1.29 is 15.0 Å². The van der Waals surface area contributed by atoms with Gasteiger partial charge in [-0.05, 0) is 17.9 Å². The second kappa shape index (κ2) is 7.84. The van der Waals surface area contributed by atoms with E-state index in [1.54, 1.807) is 0 Å². The summed E-state index contributed by atoms with van der Waals surface area (Å²) < 4.78 is 0. The summed E-state index contributed by atoms with van der Waals surface area (Å²) in [6.07, 6.45) is 3.41. The summed E-state index contributed by atoms with van der Waals surface area (Å²) in [7, 11) is 0. The van der Waals surface area contributed by atoms with E-state index in [9.17, 15) is 15.0 Å². The van der Waals surface area contributed by atoms with Crippen LogP contribution in [0.2, 0.25) is 0 Å². The molecule has 1 heterocycles. The number of hydrogen-bond acceptors (Lipinski definition) is 6. The van der Waals surface area contributed by atoms with Crippen molar-refractivity contribution in [3.8, 4) is 12.3 Å². The van der Waals surface area contributed by atoms with E-state index in [2.05, 4.69) is 21.5 Å². The number of aliphatic imine (C=N–C) groups is 1. The topological polar surface area (TPSA) is 94.0 Å². The third kappa shape index (κ3) is 3.47. The van der Waals surface area contributed by atoms with Gasteiger partial charge in [0, 0.05) is 16.3 Å². The quantitative estimate of drug-likeness (QED) is 0.592. The highest BCUT2D eigenvalue weighted by molar-refractivity contribution is 8.15. The van der Waals surface area contributed by atoms with Gasteiger partial charge in [-0.15, -0.1) is 6.42 Å². The number of rotatable bonds is 3. The average Bonchev–Trinajstić information content (AvgIpc) is 3.13. The van der Waals surface area contributed by atoms with E-state index in [-0.39, 0.29) is 24.1 Å². The Hall–Kier alpha value is -2.53. The van der Waals surface area contributed by atoms with Gasteiger partial charge in [-0.2, -0.15) is 0 Å². The lowest BCUT2D eigenvalue weighted by atomic mass is 9.81. The van der Waals surface area contributed by atoms with E-state index in [0.717, 1.165) is 16.5 Å². The number of anilines is 1. The Balaban J connectivity index is 1.58. The molecule has 0 unspecified atom stereocenters. The summed E-state index contributed by atoms with van der Waals surface area (Å²) in [4.78, 5) is 17.1. The van der Waals surface area contributed by atoms with Crippen LogP contribution in [0.25, 0.3) is 10.8 Å². The van der Waals surface area contributed by atoms with Gasteiger partial charge in [-0.25, -0.2) is 0 Å². The number of amidine groups is 1. The van der Waals surface area contributed by atoms with Crippen LogP contribution in [0.3, 0.4) is 0 Å². The summed E-state index contributed by atoms with van der Waals surface area (Å²) in [5, 5.41) is 29.2. The molecule has 1 aliphatic heterocycles. The molecule has 2 aromatic carbocycles. The van der Waals surface area contributed by atoms with E-state index < -0.39 is 24.2 Å². The van der Waals surface area contributed by atoms with Gasteiger partial charge in [-0.1, -0.05) is 54.1 Å². The highest BCUT2D eigenvalue weighted by Crippen LogP contribution is 2.41. The number of benzene rings is 2. The standard InChI is InChI=1S/C21H21N3O3S/c1-2-10-22-20(27)14-11-16(25)18(26)17-19(14)28-21(24-17)23-15-9-5-7-12-6-3-4-8-13(12)15/h1,3-9,14,16-19,25-26H,10-11H2,(H,22,27)(H,23,24)/t14-,16+,17-,18-,19+/m0/s1. The Morgan fingerprint density at radius 2 is 2.04 bits per heavy atom. The lowest BCUT2D eigenvalue weighted by Gasteiger charge is -2.37. The van der Waals surface area contributed by atoms with Gasteiger partial charge >= 0.3 is 0 Å². The molecule has 2 aliphatic rings. The number of hydrogen-bond donors (Lipinski definition) is 4. The van der Waals surface area contributed by atoms with Crippen LogP contribution >= 0.6 is 11.8 Å². The fraction of sp³-hybridized carbons (Fsp3) is 0.333. The number of carbonyl (C=O) groups excluding carboxylic acids is 1. The van der Waals surface area contributed by atoms with Gasteiger partial charge in [0.1, 0.15) is 6.10 Å². The summed E-state index contributed by atoms with van der Waals surface area (Å²) in [5.41, 5.74) is 0.909. The monoisotopic (exact) mass is 395 g/mol. The molecule has 0 spiro atoms. The number of aliphatic hydroxyl groups is 2. The molecule has 6 nitrogen and oxygen atoms in total. The van der Waals surface area contributed by atoms with Crippen LogP contribution in [-0.4, -0.2) is 51.3 Å². The number of nitrogens with one attached hydrogen (secondary N) is 2.